The van der Waals surface area contributed by atoms with Gasteiger partial charge in [-0.3, -0.25) is 37.3 Å². The van der Waals surface area contributed by atoms with Crippen molar-refractivity contribution in [2.75, 3.05) is 39.6 Å². The summed E-state index contributed by atoms with van der Waals surface area (Å²) in [4.78, 5) is 73.2. The number of unbranched alkanes of at least 4 members (excludes halogenated alkanes) is 14. The first-order valence-corrected chi connectivity index (χ1v) is 45.0. The van der Waals surface area contributed by atoms with Crippen LogP contribution in [-0.4, -0.2) is 96.7 Å². The summed E-state index contributed by atoms with van der Waals surface area (Å²) in [6, 6.07) is 0. The maximum atomic E-state index is 13.1. The van der Waals surface area contributed by atoms with Crippen molar-refractivity contribution in [1.29, 1.82) is 0 Å². The number of ether oxygens (including phenoxy) is 4. The molecule has 0 heterocycles. The van der Waals surface area contributed by atoms with Crippen LogP contribution in [0.15, 0.2) is 219 Å². The zero-order valence-electron chi connectivity index (χ0n) is 69.0. The Balaban J connectivity index is 5.53. The maximum absolute atomic E-state index is 13.1. The molecule has 17 nitrogen and oxygen atoms in total. The Labute approximate surface area is 677 Å². The van der Waals surface area contributed by atoms with Gasteiger partial charge < -0.3 is 33.8 Å². The second-order valence-electron chi connectivity index (χ2n) is 26.9. The van der Waals surface area contributed by atoms with Gasteiger partial charge in [0, 0.05) is 25.7 Å². The van der Waals surface area contributed by atoms with E-state index in [-0.39, 0.29) is 25.7 Å². The van der Waals surface area contributed by atoms with Crippen molar-refractivity contribution in [3.8, 4) is 0 Å². The Kier molecular flexibility index (Phi) is 77.5. The van der Waals surface area contributed by atoms with Gasteiger partial charge in [-0.25, -0.2) is 9.13 Å². The first kappa shape index (κ1) is 105. The van der Waals surface area contributed by atoms with E-state index < -0.39 is 97.5 Å². The summed E-state index contributed by atoms with van der Waals surface area (Å²) in [6.45, 7) is 4.24. The van der Waals surface area contributed by atoms with Crippen LogP contribution in [0.1, 0.15) is 285 Å². The van der Waals surface area contributed by atoms with Crippen molar-refractivity contribution in [1.82, 2.24) is 0 Å². The van der Waals surface area contributed by atoms with Gasteiger partial charge in [-0.1, -0.05) is 298 Å². The number of aliphatic hydroxyl groups is 1. The average molecular weight is 1600 g/mol. The second kappa shape index (κ2) is 82.4. The molecule has 0 amide bonds. The second-order valence-corrected chi connectivity index (χ2v) is 29.8. The third-order valence-electron chi connectivity index (χ3n) is 16.4. The Morgan fingerprint density at radius 3 is 0.696 bits per heavy atom. The van der Waals surface area contributed by atoms with Crippen molar-refractivity contribution < 1.29 is 80.2 Å². The van der Waals surface area contributed by atoms with Crippen LogP contribution in [0.3, 0.4) is 0 Å². The molecule has 0 spiro atoms. The van der Waals surface area contributed by atoms with Gasteiger partial charge >= 0.3 is 39.5 Å². The Bertz CT molecular complexity index is 2790. The summed E-state index contributed by atoms with van der Waals surface area (Å²) in [7, 11) is -10.0. The molecular formula is C93H146O17P2. The van der Waals surface area contributed by atoms with Gasteiger partial charge in [-0.15, -0.1) is 0 Å². The zero-order chi connectivity index (χ0) is 81.7. The lowest BCUT2D eigenvalue weighted by Crippen LogP contribution is -2.30. The average Bonchev–Trinajstić information content (AvgIpc) is 0.897. The number of phosphoric acid groups is 2. The van der Waals surface area contributed by atoms with Gasteiger partial charge in [-0.05, 0) is 180 Å². The van der Waals surface area contributed by atoms with Crippen molar-refractivity contribution in [2.45, 2.75) is 303 Å². The molecule has 0 bridgehead atoms. The normalized spacial score (nSPS) is 14.9. The molecule has 0 radical (unpaired) electrons. The molecule has 0 saturated carbocycles. The minimum atomic E-state index is -5.02. The molecular weight excluding hydrogens is 1450 g/mol. The van der Waals surface area contributed by atoms with Crippen LogP contribution in [0.25, 0.3) is 0 Å². The summed E-state index contributed by atoms with van der Waals surface area (Å²) < 4.78 is 68.7. The fourth-order valence-corrected chi connectivity index (χ4v) is 11.8. The highest BCUT2D eigenvalue weighted by Crippen LogP contribution is 2.45. The molecule has 0 aromatic rings. The number of phosphoric ester groups is 2. The van der Waals surface area contributed by atoms with Gasteiger partial charge in [0.25, 0.3) is 0 Å². The molecule has 3 N–H and O–H groups in total. The molecule has 0 aliphatic heterocycles. The van der Waals surface area contributed by atoms with Crippen LogP contribution in [0, 0.1) is 0 Å². The van der Waals surface area contributed by atoms with E-state index in [1.54, 1.807) is 0 Å². The van der Waals surface area contributed by atoms with Crippen molar-refractivity contribution in [3.05, 3.63) is 219 Å². The highest BCUT2D eigenvalue weighted by molar-refractivity contribution is 7.47. The van der Waals surface area contributed by atoms with Crippen LogP contribution in [0.4, 0.5) is 0 Å². The van der Waals surface area contributed by atoms with Crippen LogP contribution < -0.4 is 0 Å². The first-order chi connectivity index (χ1) is 54.7. The fourth-order valence-electron chi connectivity index (χ4n) is 10.2. The topological polar surface area (TPSA) is 237 Å². The lowest BCUT2D eigenvalue weighted by Gasteiger charge is -2.21. The number of esters is 4. The predicted molar refractivity (Wildman–Crippen MR) is 463 cm³/mol. The first-order valence-electron chi connectivity index (χ1n) is 42.0. The number of aliphatic hydroxyl groups excluding tert-OH is 1. The molecule has 4 unspecified atom stereocenters. The molecule has 19 heteroatoms. The van der Waals surface area contributed by atoms with Gasteiger partial charge in [0.2, 0.25) is 0 Å². The highest BCUT2D eigenvalue weighted by Gasteiger charge is 2.30. The van der Waals surface area contributed by atoms with Crippen LogP contribution in [0.5, 0.6) is 0 Å². The molecule has 112 heavy (non-hydrogen) atoms. The molecule has 0 aliphatic carbocycles. The standard InChI is InChI=1S/C93H146O17P2/c1-5-9-13-17-21-25-29-33-37-41-43-47-49-53-57-61-65-69-73-77-90(95)103-83-88(109-92(97)79-75-71-67-63-59-55-51-45-39-35-31-27-23-19-15-11-7-3)85-107-111(99,100)105-81-87(94)82-106-112(101,102)108-86-89(110-93(98)80-76-72-68-64-60-56-52-46-40-36-32-28-24-20-16-12-8-4)84-104-91(96)78-74-70-66-62-58-54-50-48-44-42-38-34-30-26-22-18-14-10-6-2/h9-16,21-28,33-40,43-44,47-48,51-52,55-56,63-64,67-68,87-89,94H,5-8,17-20,29-32,41-42,45-46,49-50,53-54,57-62,65-66,69-86H2,1-4H3,(H,99,100)(H,101,102)/b13-9-,14-10-,15-11-,16-12-,25-21-,26-22-,27-23-,28-24-,37-33-,38-34-,39-35-,40-36-,47-43-,48-44-,55-51-,56-52-,67-63-,68-64-. The minimum Gasteiger partial charge on any atom is -0.462 e. The van der Waals surface area contributed by atoms with Gasteiger partial charge in [0.05, 0.1) is 26.4 Å². The summed E-state index contributed by atoms with van der Waals surface area (Å²) in [5, 5.41) is 10.7. The third kappa shape index (κ3) is 81.4. The molecule has 630 valence electrons. The summed E-state index contributed by atoms with van der Waals surface area (Å²) in [6.07, 6.45) is 105. The molecule has 0 aliphatic rings. The van der Waals surface area contributed by atoms with E-state index in [0.717, 1.165) is 193 Å². The van der Waals surface area contributed by atoms with Gasteiger partial charge in [0.15, 0.2) is 12.2 Å². The Hall–Kier alpha value is -6.62. The summed E-state index contributed by atoms with van der Waals surface area (Å²) >= 11 is 0. The number of hydrogen-bond acceptors (Lipinski definition) is 15. The summed E-state index contributed by atoms with van der Waals surface area (Å²) in [5.74, 6) is -2.37. The van der Waals surface area contributed by atoms with Crippen LogP contribution in [-0.2, 0) is 65.4 Å². The number of allylic oxidation sites excluding steroid dienone is 36. The third-order valence-corrected chi connectivity index (χ3v) is 18.3. The number of rotatable bonds is 76. The van der Waals surface area contributed by atoms with E-state index in [4.69, 9.17) is 37.0 Å². The zero-order valence-corrected chi connectivity index (χ0v) is 70.8. The maximum Gasteiger partial charge on any atom is 0.472 e. The van der Waals surface area contributed by atoms with Crippen LogP contribution in [0.2, 0.25) is 0 Å². The minimum absolute atomic E-state index is 0.00219. The molecule has 0 aromatic carbocycles. The van der Waals surface area contributed by atoms with E-state index in [9.17, 15) is 43.2 Å². The lowest BCUT2D eigenvalue weighted by molar-refractivity contribution is -0.161. The number of carbonyl (C=O) groups is 4. The van der Waals surface area contributed by atoms with Gasteiger partial charge in [-0.2, -0.15) is 0 Å². The van der Waals surface area contributed by atoms with E-state index in [2.05, 4.69) is 222 Å². The van der Waals surface area contributed by atoms with E-state index >= 15 is 0 Å². The lowest BCUT2D eigenvalue weighted by atomic mass is 10.1. The quantitative estimate of drug-likeness (QED) is 0.0169. The number of hydrogen-bond donors (Lipinski definition) is 3. The molecule has 0 fully saturated rings. The number of carbonyl (C=O) groups excluding carboxylic acids is 4. The molecule has 0 aromatic heterocycles. The van der Waals surface area contributed by atoms with Crippen molar-refractivity contribution in [2.24, 2.45) is 0 Å². The van der Waals surface area contributed by atoms with E-state index in [1.165, 1.54) is 0 Å². The highest BCUT2D eigenvalue weighted by atomic mass is 31.2. The van der Waals surface area contributed by atoms with Crippen molar-refractivity contribution >= 4 is 39.5 Å². The monoisotopic (exact) mass is 1600 g/mol. The smallest absolute Gasteiger partial charge is 0.462 e. The van der Waals surface area contributed by atoms with E-state index in [1.807, 2.05) is 24.3 Å². The Morgan fingerprint density at radius 2 is 0.446 bits per heavy atom. The van der Waals surface area contributed by atoms with Crippen LogP contribution >= 0.6 is 15.6 Å². The molecule has 0 saturated heterocycles. The largest absolute Gasteiger partial charge is 0.472 e. The Morgan fingerprint density at radius 1 is 0.250 bits per heavy atom. The van der Waals surface area contributed by atoms with Gasteiger partial charge in [0.1, 0.15) is 19.3 Å². The van der Waals surface area contributed by atoms with Crippen molar-refractivity contribution in [3.63, 3.8) is 0 Å². The fraction of sp³-hybridized carbons (Fsp3) is 0.570. The molecule has 0 rings (SSSR count). The predicted octanol–water partition coefficient (Wildman–Crippen LogP) is 25.2. The molecule has 4 atom stereocenters. The SMILES string of the molecule is CC/C=C\C/C=C\C/C=C\C/C=C\C/C=C\CCCC(=O)OC(COC(=O)CCCCCCCC/C=C\C/C=C\C/C=C\C/C=C\CC)COP(=O)(O)OCC(O)COP(=O)(O)OCC(COC(=O)CCCCCCCC/C=C\C/C=C\C/C=C\C/C=C\CC)OC(=O)CCC/C=C\C/C=C\C/C=C\C/C=C\C/C=C\CC. The summed E-state index contributed by atoms with van der Waals surface area (Å²) in [5.41, 5.74) is 0. The van der Waals surface area contributed by atoms with E-state index in [0.29, 0.717) is 38.5 Å².